The highest BCUT2D eigenvalue weighted by atomic mass is 35.5. The fourth-order valence-electron chi connectivity index (χ4n) is 3.70. The van der Waals surface area contributed by atoms with Crippen LogP contribution in [-0.4, -0.2) is 37.1 Å². The Morgan fingerprint density at radius 2 is 1.81 bits per heavy atom. The quantitative estimate of drug-likeness (QED) is 0.185. The van der Waals surface area contributed by atoms with E-state index in [1.165, 1.54) is 18.2 Å². The van der Waals surface area contributed by atoms with Crippen molar-refractivity contribution >= 4 is 55.8 Å². The van der Waals surface area contributed by atoms with Crippen molar-refractivity contribution in [2.24, 2.45) is 0 Å². The maximum Gasteiger partial charge on any atom is 0.326 e. The summed E-state index contributed by atoms with van der Waals surface area (Å²) in [4.78, 5) is 16.9. The Bertz CT molecular complexity index is 1480. The molecular formula is C26H25Cl2N3O4S. The lowest BCUT2D eigenvalue weighted by Crippen LogP contribution is -2.36. The van der Waals surface area contributed by atoms with Crippen molar-refractivity contribution in [3.8, 4) is 5.82 Å². The molecule has 36 heavy (non-hydrogen) atoms. The van der Waals surface area contributed by atoms with Gasteiger partial charge in [-0.25, -0.2) is 13.4 Å². The van der Waals surface area contributed by atoms with Crippen LogP contribution in [0.3, 0.4) is 0 Å². The molecule has 0 atom stereocenters. The van der Waals surface area contributed by atoms with Crippen LogP contribution in [-0.2, 0) is 19.6 Å². The Morgan fingerprint density at radius 1 is 1.06 bits per heavy atom. The Morgan fingerprint density at radius 3 is 2.47 bits per heavy atom. The lowest BCUT2D eigenvalue weighted by Gasteiger charge is -2.24. The summed E-state index contributed by atoms with van der Waals surface area (Å²) in [7, 11) is -4.20. The number of hydrogen-bond donors (Lipinski definition) is 0. The molecule has 0 radical (unpaired) electrons. The number of aromatic nitrogens is 2. The van der Waals surface area contributed by atoms with Crippen LogP contribution in [0.2, 0.25) is 10.0 Å². The lowest BCUT2D eigenvalue weighted by molar-refractivity contribution is -0.141. The highest BCUT2D eigenvalue weighted by molar-refractivity contribution is 7.92. The van der Waals surface area contributed by atoms with Gasteiger partial charge < -0.3 is 9.30 Å². The molecule has 188 valence electrons. The largest absolute Gasteiger partial charge is 0.464 e. The van der Waals surface area contributed by atoms with Crippen LogP contribution in [0.1, 0.15) is 25.3 Å². The number of fused-ring (bicyclic) bond motifs is 1. The molecule has 0 bridgehead atoms. The molecule has 4 aromatic rings. The fraction of sp³-hybridized carbons (Fsp3) is 0.231. The fourth-order valence-corrected chi connectivity index (χ4v) is 5.83. The van der Waals surface area contributed by atoms with E-state index in [2.05, 4.69) is 4.98 Å². The van der Waals surface area contributed by atoms with Crippen LogP contribution >= 0.6 is 23.2 Å². The molecule has 7 nitrogen and oxygen atoms in total. The van der Waals surface area contributed by atoms with E-state index >= 15 is 0 Å². The molecule has 0 spiro atoms. The standard InChI is InChI=1S/C26H25Cl2N3O4S/c1-3-4-11-35-26(32)17-31(36(33,34)23-14-20(27)13-21(28)15-23)22-6-7-24-19(12-22)9-10-30(24)25-8-5-18(2)16-29-25/h5-10,12-16H,3-4,11,17H2,1-2H3. The highest BCUT2D eigenvalue weighted by Crippen LogP contribution is 2.31. The molecule has 10 heteroatoms. The summed E-state index contributed by atoms with van der Waals surface area (Å²) in [5.41, 5.74) is 2.19. The molecule has 2 heterocycles. The third-order valence-electron chi connectivity index (χ3n) is 5.56. The van der Waals surface area contributed by atoms with Gasteiger partial charge in [-0.3, -0.25) is 9.10 Å². The minimum absolute atomic E-state index is 0.122. The Balaban J connectivity index is 1.76. The van der Waals surface area contributed by atoms with Gasteiger partial charge in [-0.2, -0.15) is 0 Å². The van der Waals surface area contributed by atoms with Crippen molar-refractivity contribution in [1.29, 1.82) is 0 Å². The molecule has 0 amide bonds. The van der Waals surface area contributed by atoms with Gasteiger partial charge in [-0.15, -0.1) is 0 Å². The van der Waals surface area contributed by atoms with Gasteiger partial charge in [0.2, 0.25) is 0 Å². The lowest BCUT2D eigenvalue weighted by atomic mass is 10.2. The number of unbranched alkanes of at least 4 members (excludes halogenated alkanes) is 1. The number of rotatable bonds is 9. The summed E-state index contributed by atoms with van der Waals surface area (Å²) in [5.74, 6) is 0.0857. The SMILES string of the molecule is CCCCOC(=O)CN(c1ccc2c(ccn2-c2ccc(C)cn2)c1)S(=O)(=O)c1cc(Cl)cc(Cl)c1. The molecule has 0 fully saturated rings. The summed E-state index contributed by atoms with van der Waals surface area (Å²) in [5, 5.41) is 1.12. The van der Waals surface area contributed by atoms with Gasteiger partial charge >= 0.3 is 5.97 Å². The maximum absolute atomic E-state index is 13.7. The average Bonchev–Trinajstić information content (AvgIpc) is 3.26. The van der Waals surface area contributed by atoms with E-state index in [1.807, 2.05) is 42.8 Å². The van der Waals surface area contributed by atoms with Crippen LogP contribution < -0.4 is 4.31 Å². The minimum atomic E-state index is -4.20. The van der Waals surface area contributed by atoms with Crippen LogP contribution in [0.25, 0.3) is 16.7 Å². The Hall–Kier alpha value is -3.07. The summed E-state index contributed by atoms with van der Waals surface area (Å²) in [6.07, 6.45) is 5.18. The minimum Gasteiger partial charge on any atom is -0.464 e. The summed E-state index contributed by atoms with van der Waals surface area (Å²) >= 11 is 12.2. The van der Waals surface area contributed by atoms with Crippen LogP contribution in [0.15, 0.2) is 71.9 Å². The zero-order valence-corrected chi connectivity index (χ0v) is 22.1. The third kappa shape index (κ3) is 5.67. The molecule has 0 unspecified atom stereocenters. The van der Waals surface area contributed by atoms with E-state index in [0.717, 1.165) is 33.0 Å². The topological polar surface area (TPSA) is 81.5 Å². The van der Waals surface area contributed by atoms with E-state index in [0.29, 0.717) is 12.1 Å². The van der Waals surface area contributed by atoms with E-state index in [4.69, 9.17) is 27.9 Å². The molecule has 0 saturated carbocycles. The monoisotopic (exact) mass is 545 g/mol. The number of benzene rings is 2. The van der Waals surface area contributed by atoms with Crippen molar-refractivity contribution in [2.75, 3.05) is 17.5 Å². The van der Waals surface area contributed by atoms with Gasteiger partial charge in [0, 0.05) is 27.8 Å². The second-order valence-corrected chi connectivity index (χ2v) is 11.0. The number of aryl methyl sites for hydroxylation is 1. The molecule has 2 aromatic carbocycles. The molecule has 0 aliphatic carbocycles. The van der Waals surface area contributed by atoms with Crippen molar-refractivity contribution < 1.29 is 17.9 Å². The number of nitrogens with zero attached hydrogens (tertiary/aromatic N) is 3. The number of halogens is 2. The van der Waals surface area contributed by atoms with Gasteiger partial charge in [-0.1, -0.05) is 42.6 Å². The van der Waals surface area contributed by atoms with Gasteiger partial charge in [0.15, 0.2) is 0 Å². The number of carbonyl (C=O) groups is 1. The molecule has 0 saturated heterocycles. The number of anilines is 1. The van der Waals surface area contributed by atoms with Crippen LogP contribution in [0.4, 0.5) is 5.69 Å². The van der Waals surface area contributed by atoms with Crippen LogP contribution in [0, 0.1) is 6.92 Å². The van der Waals surface area contributed by atoms with Crippen molar-refractivity contribution in [3.05, 3.63) is 82.6 Å². The van der Waals surface area contributed by atoms with Crippen molar-refractivity contribution in [2.45, 2.75) is 31.6 Å². The number of sulfonamides is 1. The smallest absolute Gasteiger partial charge is 0.326 e. The maximum atomic E-state index is 13.7. The summed E-state index contributed by atoms with van der Waals surface area (Å²) in [6, 6.07) is 14.9. The molecule has 2 aromatic heterocycles. The number of hydrogen-bond acceptors (Lipinski definition) is 5. The molecular weight excluding hydrogens is 521 g/mol. The van der Waals surface area contributed by atoms with Gasteiger partial charge in [0.1, 0.15) is 12.4 Å². The first-order valence-corrected chi connectivity index (χ1v) is 13.6. The molecule has 0 aliphatic heterocycles. The van der Waals surface area contributed by atoms with Crippen LogP contribution in [0.5, 0.6) is 0 Å². The van der Waals surface area contributed by atoms with Gasteiger partial charge in [-0.05, 0) is 67.4 Å². The van der Waals surface area contributed by atoms with E-state index < -0.39 is 22.5 Å². The Labute approximate surface area is 220 Å². The molecule has 0 aliphatic rings. The summed E-state index contributed by atoms with van der Waals surface area (Å²) < 4.78 is 35.6. The first-order valence-electron chi connectivity index (χ1n) is 11.4. The number of ether oxygens (including phenoxy) is 1. The first-order chi connectivity index (χ1) is 17.2. The molecule has 0 N–H and O–H groups in total. The second kappa shape index (κ2) is 10.9. The van der Waals surface area contributed by atoms with Gasteiger partial charge in [0.05, 0.1) is 22.7 Å². The number of carbonyl (C=O) groups excluding carboxylic acids is 1. The average molecular weight is 546 g/mol. The molecule has 4 rings (SSSR count). The Kier molecular flexibility index (Phi) is 7.88. The van der Waals surface area contributed by atoms with E-state index in [9.17, 15) is 13.2 Å². The number of esters is 1. The zero-order chi connectivity index (χ0) is 25.9. The summed E-state index contributed by atoms with van der Waals surface area (Å²) in [6.45, 7) is 3.66. The first kappa shape index (κ1) is 26.0. The zero-order valence-electron chi connectivity index (χ0n) is 19.8. The predicted molar refractivity (Wildman–Crippen MR) is 143 cm³/mol. The second-order valence-electron chi connectivity index (χ2n) is 8.31. The van der Waals surface area contributed by atoms with Crippen molar-refractivity contribution in [1.82, 2.24) is 9.55 Å². The number of pyridine rings is 1. The highest BCUT2D eigenvalue weighted by Gasteiger charge is 2.29. The van der Waals surface area contributed by atoms with E-state index in [-0.39, 0.29) is 21.5 Å². The van der Waals surface area contributed by atoms with E-state index in [1.54, 1.807) is 24.4 Å². The van der Waals surface area contributed by atoms with Gasteiger partial charge in [0.25, 0.3) is 10.0 Å². The van der Waals surface area contributed by atoms with Crippen molar-refractivity contribution in [3.63, 3.8) is 0 Å². The third-order valence-corrected chi connectivity index (χ3v) is 7.75. The normalized spacial score (nSPS) is 11.6. The predicted octanol–water partition coefficient (Wildman–Crippen LogP) is 6.18.